The maximum absolute atomic E-state index is 12.3. The number of benzene rings is 2. The van der Waals surface area contributed by atoms with Gasteiger partial charge in [-0.1, -0.05) is 37.1 Å². The number of rotatable bonds is 7. The zero-order valence-electron chi connectivity index (χ0n) is 14.4. The van der Waals surface area contributed by atoms with Crippen LogP contribution in [0.5, 0.6) is 5.75 Å². The van der Waals surface area contributed by atoms with Gasteiger partial charge in [0, 0.05) is 10.7 Å². The maximum atomic E-state index is 12.3. The third kappa shape index (κ3) is 5.27. The first-order chi connectivity index (χ1) is 11.5. The lowest BCUT2D eigenvalue weighted by Crippen LogP contribution is -2.30. The number of anilines is 1. The summed E-state index contributed by atoms with van der Waals surface area (Å²) in [4.78, 5) is 12.3. The fourth-order valence-corrected chi connectivity index (χ4v) is 2.45. The number of carbonyl (C=O) groups is 1. The van der Waals surface area contributed by atoms with Crippen molar-refractivity contribution in [1.82, 2.24) is 0 Å². The van der Waals surface area contributed by atoms with Crippen LogP contribution in [-0.2, 0) is 11.2 Å². The molecule has 3 nitrogen and oxygen atoms in total. The Bertz CT molecular complexity index is 683. The van der Waals surface area contributed by atoms with Gasteiger partial charge in [0.1, 0.15) is 5.75 Å². The van der Waals surface area contributed by atoms with Crippen LogP contribution in [0.15, 0.2) is 42.5 Å². The minimum absolute atomic E-state index is 0.177. The van der Waals surface area contributed by atoms with E-state index in [2.05, 4.69) is 24.4 Å². The van der Waals surface area contributed by atoms with Crippen molar-refractivity contribution in [2.24, 2.45) is 0 Å². The number of hydrogen-bond donors (Lipinski definition) is 1. The van der Waals surface area contributed by atoms with Crippen molar-refractivity contribution in [3.63, 3.8) is 0 Å². The molecule has 0 aliphatic rings. The lowest BCUT2D eigenvalue weighted by molar-refractivity contribution is -0.122. The lowest BCUT2D eigenvalue weighted by atomic mass is 10.1. The Balaban J connectivity index is 1.92. The molecule has 0 aromatic heterocycles. The Kier molecular flexibility index (Phi) is 6.68. The van der Waals surface area contributed by atoms with Gasteiger partial charge in [-0.3, -0.25) is 4.79 Å². The largest absolute Gasteiger partial charge is 0.481 e. The second-order valence-electron chi connectivity index (χ2n) is 5.96. The number of aryl methyl sites for hydroxylation is 2. The zero-order chi connectivity index (χ0) is 17.5. The average molecular weight is 346 g/mol. The topological polar surface area (TPSA) is 38.3 Å². The number of carbonyl (C=O) groups excluding carboxylic acids is 1. The summed E-state index contributed by atoms with van der Waals surface area (Å²) in [7, 11) is 0. The fraction of sp³-hybridized carbons (Fsp3) is 0.350. The molecule has 0 bridgehead atoms. The van der Waals surface area contributed by atoms with E-state index in [-0.39, 0.29) is 5.91 Å². The van der Waals surface area contributed by atoms with Gasteiger partial charge in [0.15, 0.2) is 6.10 Å². The number of halogens is 1. The van der Waals surface area contributed by atoms with Gasteiger partial charge in [-0.05, 0) is 68.1 Å². The van der Waals surface area contributed by atoms with E-state index in [4.69, 9.17) is 16.3 Å². The molecule has 1 atom stereocenters. The van der Waals surface area contributed by atoms with E-state index in [0.29, 0.717) is 10.8 Å². The van der Waals surface area contributed by atoms with Crippen molar-refractivity contribution < 1.29 is 9.53 Å². The Morgan fingerprint density at radius 1 is 1.21 bits per heavy atom. The predicted octanol–water partition coefficient (Wildman–Crippen LogP) is 5.40. The summed E-state index contributed by atoms with van der Waals surface area (Å²) in [6.45, 7) is 5.81. The monoisotopic (exact) mass is 345 g/mol. The van der Waals surface area contributed by atoms with Gasteiger partial charge in [0.05, 0.1) is 0 Å². The van der Waals surface area contributed by atoms with E-state index in [0.717, 1.165) is 17.7 Å². The highest BCUT2D eigenvalue weighted by atomic mass is 35.5. The standard InChI is InChI=1S/C20H24ClNO2/c1-4-5-6-16-7-9-17(10-8-16)22-20(23)15(3)24-18-11-12-19(21)14(2)13-18/h7-13,15H,4-6H2,1-3H3,(H,22,23)/t15-/m1/s1. The summed E-state index contributed by atoms with van der Waals surface area (Å²) >= 11 is 6.00. The molecule has 1 amide bonds. The molecule has 2 rings (SSSR count). The van der Waals surface area contributed by atoms with Crippen molar-refractivity contribution in [2.45, 2.75) is 46.1 Å². The summed E-state index contributed by atoms with van der Waals surface area (Å²) in [5.74, 6) is 0.457. The average Bonchev–Trinajstić information content (AvgIpc) is 2.57. The highest BCUT2D eigenvalue weighted by molar-refractivity contribution is 6.31. The Hall–Kier alpha value is -2.00. The van der Waals surface area contributed by atoms with Gasteiger partial charge in [0.25, 0.3) is 5.91 Å². The maximum Gasteiger partial charge on any atom is 0.265 e. The molecular formula is C20H24ClNO2. The van der Waals surface area contributed by atoms with E-state index < -0.39 is 6.10 Å². The van der Waals surface area contributed by atoms with Crippen LogP contribution in [0.4, 0.5) is 5.69 Å². The smallest absolute Gasteiger partial charge is 0.265 e. The number of hydrogen-bond acceptors (Lipinski definition) is 2. The van der Waals surface area contributed by atoms with Gasteiger partial charge in [-0.15, -0.1) is 0 Å². The summed E-state index contributed by atoms with van der Waals surface area (Å²) in [5, 5.41) is 3.56. The van der Waals surface area contributed by atoms with Crippen molar-refractivity contribution in [1.29, 1.82) is 0 Å². The van der Waals surface area contributed by atoms with Crippen LogP contribution in [0, 0.1) is 6.92 Å². The molecule has 0 fully saturated rings. The molecule has 2 aromatic rings. The highest BCUT2D eigenvalue weighted by Gasteiger charge is 2.15. The Labute approximate surface area is 149 Å². The number of unbranched alkanes of at least 4 members (excludes halogenated alkanes) is 1. The minimum Gasteiger partial charge on any atom is -0.481 e. The minimum atomic E-state index is -0.592. The molecule has 0 heterocycles. The van der Waals surface area contributed by atoms with Crippen LogP contribution in [0.3, 0.4) is 0 Å². The van der Waals surface area contributed by atoms with Crippen LogP contribution >= 0.6 is 11.6 Å². The van der Waals surface area contributed by atoms with Crippen molar-refractivity contribution in [3.05, 3.63) is 58.6 Å². The second-order valence-corrected chi connectivity index (χ2v) is 6.37. The molecule has 0 radical (unpaired) electrons. The molecule has 0 unspecified atom stereocenters. The van der Waals surface area contributed by atoms with Crippen molar-refractivity contribution in [3.8, 4) is 5.75 Å². The van der Waals surface area contributed by atoms with E-state index >= 15 is 0 Å². The van der Waals surface area contributed by atoms with Crippen molar-refractivity contribution in [2.75, 3.05) is 5.32 Å². The first-order valence-corrected chi connectivity index (χ1v) is 8.70. The van der Waals surface area contributed by atoms with Crippen molar-refractivity contribution >= 4 is 23.2 Å². The third-order valence-corrected chi connectivity index (χ3v) is 4.28. The van der Waals surface area contributed by atoms with Gasteiger partial charge in [-0.2, -0.15) is 0 Å². The molecule has 128 valence electrons. The Morgan fingerprint density at radius 2 is 1.92 bits per heavy atom. The summed E-state index contributed by atoms with van der Waals surface area (Å²) in [5.41, 5.74) is 2.99. The normalized spacial score (nSPS) is 11.8. The molecule has 0 spiro atoms. The lowest BCUT2D eigenvalue weighted by Gasteiger charge is -2.15. The molecule has 0 saturated heterocycles. The first kappa shape index (κ1) is 18.3. The van der Waals surface area contributed by atoms with Gasteiger partial charge in [0.2, 0.25) is 0 Å². The quantitative estimate of drug-likeness (QED) is 0.729. The van der Waals surface area contributed by atoms with Crippen LogP contribution in [0.2, 0.25) is 5.02 Å². The van der Waals surface area contributed by atoms with E-state index in [1.54, 1.807) is 19.1 Å². The second kappa shape index (κ2) is 8.74. The molecule has 24 heavy (non-hydrogen) atoms. The van der Waals surface area contributed by atoms with Crippen LogP contribution in [0.1, 0.15) is 37.8 Å². The van der Waals surface area contributed by atoms with E-state index in [1.807, 2.05) is 25.1 Å². The molecule has 1 N–H and O–H groups in total. The molecule has 0 aliphatic carbocycles. The van der Waals surface area contributed by atoms with Gasteiger partial charge < -0.3 is 10.1 Å². The summed E-state index contributed by atoms with van der Waals surface area (Å²) in [6.07, 6.45) is 2.83. The summed E-state index contributed by atoms with van der Waals surface area (Å²) in [6, 6.07) is 13.3. The summed E-state index contributed by atoms with van der Waals surface area (Å²) < 4.78 is 5.69. The molecule has 0 aliphatic heterocycles. The van der Waals surface area contributed by atoms with Gasteiger partial charge in [-0.25, -0.2) is 0 Å². The molecular weight excluding hydrogens is 322 g/mol. The Morgan fingerprint density at radius 3 is 2.54 bits per heavy atom. The predicted molar refractivity (Wildman–Crippen MR) is 100.0 cm³/mol. The third-order valence-electron chi connectivity index (χ3n) is 3.85. The van der Waals surface area contributed by atoms with E-state index in [1.165, 1.54) is 18.4 Å². The SMILES string of the molecule is CCCCc1ccc(NC(=O)[C@@H](C)Oc2ccc(Cl)c(C)c2)cc1. The molecule has 0 saturated carbocycles. The zero-order valence-corrected chi connectivity index (χ0v) is 15.2. The molecule has 2 aromatic carbocycles. The van der Waals surface area contributed by atoms with Crippen LogP contribution in [0.25, 0.3) is 0 Å². The number of nitrogens with one attached hydrogen (secondary N) is 1. The highest BCUT2D eigenvalue weighted by Crippen LogP contribution is 2.22. The number of ether oxygens (including phenoxy) is 1. The van der Waals surface area contributed by atoms with Crippen LogP contribution < -0.4 is 10.1 Å². The van der Waals surface area contributed by atoms with Crippen LogP contribution in [-0.4, -0.2) is 12.0 Å². The number of amides is 1. The molecule has 4 heteroatoms. The fourth-order valence-electron chi connectivity index (χ4n) is 2.33. The van der Waals surface area contributed by atoms with Gasteiger partial charge >= 0.3 is 0 Å². The van der Waals surface area contributed by atoms with E-state index in [9.17, 15) is 4.79 Å². The first-order valence-electron chi connectivity index (χ1n) is 8.32.